The fourth-order valence-electron chi connectivity index (χ4n) is 2.25. The lowest BCUT2D eigenvalue weighted by atomic mass is 10.0. The van der Waals surface area contributed by atoms with Crippen LogP contribution in [0.1, 0.15) is 39.7 Å². The number of nitrogens with zero attached hydrogens (tertiary/aromatic N) is 1. The van der Waals surface area contributed by atoms with Crippen molar-refractivity contribution in [1.29, 1.82) is 0 Å². The average molecular weight is 277 g/mol. The standard InChI is InChI=1S/C17H27NO2/c1-5-15-8-6-7-9-16(15)18(11-10-13(2)3)12-14(4)17(19)20/h6-9,13-14H,5,10-12H2,1-4H3,(H,19,20). The molecule has 0 aromatic heterocycles. The highest BCUT2D eigenvalue weighted by Gasteiger charge is 2.18. The van der Waals surface area contributed by atoms with E-state index in [1.807, 2.05) is 12.1 Å². The molecule has 0 spiro atoms. The van der Waals surface area contributed by atoms with E-state index in [-0.39, 0.29) is 5.92 Å². The second kappa shape index (κ2) is 7.93. The summed E-state index contributed by atoms with van der Waals surface area (Å²) >= 11 is 0. The summed E-state index contributed by atoms with van der Waals surface area (Å²) in [5, 5.41) is 9.16. The smallest absolute Gasteiger partial charge is 0.308 e. The third-order valence-electron chi connectivity index (χ3n) is 3.61. The lowest BCUT2D eigenvalue weighted by molar-refractivity contribution is -0.140. The number of rotatable bonds is 8. The molecule has 1 unspecified atom stereocenters. The molecule has 0 radical (unpaired) electrons. The summed E-state index contributed by atoms with van der Waals surface area (Å²) in [6.07, 6.45) is 2.04. The van der Waals surface area contributed by atoms with Crippen LogP contribution in [-0.2, 0) is 11.2 Å². The van der Waals surface area contributed by atoms with Crippen molar-refractivity contribution in [3.63, 3.8) is 0 Å². The molecule has 0 heterocycles. The van der Waals surface area contributed by atoms with Gasteiger partial charge in [0.1, 0.15) is 0 Å². The van der Waals surface area contributed by atoms with Gasteiger partial charge in [-0.15, -0.1) is 0 Å². The van der Waals surface area contributed by atoms with E-state index in [1.54, 1.807) is 6.92 Å². The normalized spacial score (nSPS) is 12.4. The highest BCUT2D eigenvalue weighted by Crippen LogP contribution is 2.23. The van der Waals surface area contributed by atoms with Crippen molar-refractivity contribution in [3.05, 3.63) is 29.8 Å². The van der Waals surface area contributed by atoms with E-state index in [2.05, 4.69) is 37.8 Å². The Morgan fingerprint density at radius 1 is 1.25 bits per heavy atom. The maximum absolute atomic E-state index is 11.1. The number of benzene rings is 1. The largest absolute Gasteiger partial charge is 0.481 e. The third kappa shape index (κ3) is 4.87. The molecule has 1 rings (SSSR count). The number of hydrogen-bond acceptors (Lipinski definition) is 2. The van der Waals surface area contributed by atoms with Gasteiger partial charge >= 0.3 is 5.97 Å². The van der Waals surface area contributed by atoms with Gasteiger partial charge in [0.15, 0.2) is 0 Å². The molecule has 20 heavy (non-hydrogen) atoms. The summed E-state index contributed by atoms with van der Waals surface area (Å²) in [4.78, 5) is 13.4. The van der Waals surface area contributed by atoms with Crippen LogP contribution in [0.15, 0.2) is 24.3 Å². The van der Waals surface area contributed by atoms with E-state index < -0.39 is 5.97 Å². The lowest BCUT2D eigenvalue weighted by Gasteiger charge is -2.29. The molecule has 3 nitrogen and oxygen atoms in total. The Balaban J connectivity index is 2.93. The Kier molecular flexibility index (Phi) is 6.56. The molecule has 3 heteroatoms. The number of hydrogen-bond donors (Lipinski definition) is 1. The minimum absolute atomic E-state index is 0.355. The zero-order chi connectivity index (χ0) is 15.1. The van der Waals surface area contributed by atoms with E-state index in [9.17, 15) is 4.79 Å². The van der Waals surface area contributed by atoms with Gasteiger partial charge in [0, 0.05) is 18.8 Å². The highest BCUT2D eigenvalue weighted by molar-refractivity contribution is 5.70. The van der Waals surface area contributed by atoms with Crippen molar-refractivity contribution in [1.82, 2.24) is 0 Å². The van der Waals surface area contributed by atoms with Gasteiger partial charge in [-0.1, -0.05) is 45.9 Å². The van der Waals surface area contributed by atoms with E-state index in [4.69, 9.17) is 5.11 Å². The topological polar surface area (TPSA) is 40.5 Å². The Morgan fingerprint density at radius 2 is 1.90 bits per heavy atom. The van der Waals surface area contributed by atoms with Gasteiger partial charge < -0.3 is 10.0 Å². The van der Waals surface area contributed by atoms with Crippen molar-refractivity contribution in [3.8, 4) is 0 Å². The second-order valence-corrected chi connectivity index (χ2v) is 5.85. The fourth-order valence-corrected chi connectivity index (χ4v) is 2.25. The van der Waals surface area contributed by atoms with Gasteiger partial charge in [0.05, 0.1) is 5.92 Å². The molecule has 112 valence electrons. The average Bonchev–Trinajstić information content (AvgIpc) is 2.42. The van der Waals surface area contributed by atoms with Gasteiger partial charge in [0.25, 0.3) is 0 Å². The van der Waals surface area contributed by atoms with Crippen LogP contribution in [0.4, 0.5) is 5.69 Å². The van der Waals surface area contributed by atoms with Crippen molar-refractivity contribution in [2.45, 2.75) is 40.5 Å². The van der Waals surface area contributed by atoms with Crippen molar-refractivity contribution >= 4 is 11.7 Å². The predicted octanol–water partition coefficient (Wildman–Crippen LogP) is 3.82. The molecular formula is C17H27NO2. The van der Waals surface area contributed by atoms with Gasteiger partial charge in [-0.25, -0.2) is 0 Å². The number of aliphatic carboxylic acids is 1. The van der Waals surface area contributed by atoms with Crippen LogP contribution < -0.4 is 4.90 Å². The molecule has 1 aromatic rings. The number of para-hydroxylation sites is 1. The molecule has 0 aliphatic heterocycles. The number of carbonyl (C=O) groups is 1. The molecule has 1 N–H and O–H groups in total. The molecular weight excluding hydrogens is 250 g/mol. The third-order valence-corrected chi connectivity index (χ3v) is 3.61. The molecule has 0 aliphatic rings. The maximum atomic E-state index is 11.1. The highest BCUT2D eigenvalue weighted by atomic mass is 16.4. The van der Waals surface area contributed by atoms with E-state index in [0.717, 1.165) is 19.4 Å². The SMILES string of the molecule is CCc1ccccc1N(CCC(C)C)CC(C)C(=O)O. The van der Waals surface area contributed by atoms with Crippen molar-refractivity contribution < 1.29 is 9.90 Å². The molecule has 0 amide bonds. The first-order valence-electron chi connectivity index (χ1n) is 7.51. The van der Waals surface area contributed by atoms with Crippen LogP contribution >= 0.6 is 0 Å². The summed E-state index contributed by atoms with van der Waals surface area (Å²) < 4.78 is 0. The first-order chi connectivity index (χ1) is 9.45. The quantitative estimate of drug-likeness (QED) is 0.785. The van der Waals surface area contributed by atoms with Crippen LogP contribution in [0.5, 0.6) is 0 Å². The van der Waals surface area contributed by atoms with E-state index in [1.165, 1.54) is 11.3 Å². The first kappa shape index (κ1) is 16.5. The zero-order valence-corrected chi connectivity index (χ0v) is 13.1. The van der Waals surface area contributed by atoms with Crippen molar-refractivity contribution in [2.75, 3.05) is 18.0 Å². The molecule has 0 aliphatic carbocycles. The Morgan fingerprint density at radius 3 is 2.45 bits per heavy atom. The fraction of sp³-hybridized carbons (Fsp3) is 0.588. The molecule has 0 fully saturated rings. The summed E-state index contributed by atoms with van der Waals surface area (Å²) in [6.45, 7) is 9.79. The van der Waals surface area contributed by atoms with Crippen molar-refractivity contribution in [2.24, 2.45) is 11.8 Å². The summed E-state index contributed by atoms with van der Waals surface area (Å²) in [7, 11) is 0. The molecule has 1 atom stereocenters. The molecule has 0 saturated heterocycles. The van der Waals surface area contributed by atoms with Gasteiger partial charge in [-0.2, -0.15) is 0 Å². The van der Waals surface area contributed by atoms with Gasteiger partial charge in [-0.3, -0.25) is 4.79 Å². The van der Waals surface area contributed by atoms with E-state index in [0.29, 0.717) is 12.5 Å². The van der Waals surface area contributed by atoms with Crippen LogP contribution in [-0.4, -0.2) is 24.2 Å². The Hall–Kier alpha value is -1.51. The van der Waals surface area contributed by atoms with Gasteiger partial charge in [-0.05, 0) is 30.4 Å². The second-order valence-electron chi connectivity index (χ2n) is 5.85. The summed E-state index contributed by atoms with van der Waals surface area (Å²) in [5.41, 5.74) is 2.47. The van der Waals surface area contributed by atoms with Crippen LogP contribution in [0.25, 0.3) is 0 Å². The monoisotopic (exact) mass is 277 g/mol. The minimum Gasteiger partial charge on any atom is -0.481 e. The van der Waals surface area contributed by atoms with Crippen LogP contribution in [0.2, 0.25) is 0 Å². The Labute approximate surface area is 122 Å². The predicted molar refractivity (Wildman–Crippen MR) is 84.3 cm³/mol. The number of carboxylic acid groups (broad SMARTS) is 1. The summed E-state index contributed by atoms with van der Waals surface area (Å²) in [5.74, 6) is -0.466. The zero-order valence-electron chi connectivity index (χ0n) is 13.1. The van der Waals surface area contributed by atoms with Gasteiger partial charge in [0.2, 0.25) is 0 Å². The molecule has 1 aromatic carbocycles. The van der Waals surface area contributed by atoms with Crippen LogP contribution in [0, 0.1) is 11.8 Å². The minimum atomic E-state index is -0.728. The Bertz CT molecular complexity index is 429. The maximum Gasteiger partial charge on any atom is 0.308 e. The number of aryl methyl sites for hydroxylation is 1. The summed E-state index contributed by atoms with van der Waals surface area (Å²) in [6, 6.07) is 8.31. The lowest BCUT2D eigenvalue weighted by Crippen LogP contribution is -2.33. The van der Waals surface area contributed by atoms with E-state index >= 15 is 0 Å². The molecule has 0 bridgehead atoms. The van der Waals surface area contributed by atoms with Crippen LogP contribution in [0.3, 0.4) is 0 Å². The molecule has 0 saturated carbocycles. The number of carboxylic acids is 1. The number of anilines is 1. The first-order valence-corrected chi connectivity index (χ1v) is 7.51.